The third-order valence-electron chi connectivity index (χ3n) is 6.19. The third kappa shape index (κ3) is 5.32. The number of aliphatic hydroxyl groups is 1. The minimum atomic E-state index is -3.68. The Morgan fingerprint density at radius 1 is 1.05 bits per heavy atom. The molecule has 1 saturated heterocycles. The first-order valence-corrected chi connectivity index (χ1v) is 13.5. The highest BCUT2D eigenvalue weighted by Crippen LogP contribution is 2.40. The predicted octanol–water partition coefficient (Wildman–Crippen LogP) is 3.74. The van der Waals surface area contributed by atoms with Crippen molar-refractivity contribution in [1.29, 1.82) is 0 Å². The van der Waals surface area contributed by atoms with Gasteiger partial charge in [0, 0.05) is 38.6 Å². The lowest BCUT2D eigenvalue weighted by Gasteiger charge is -2.25. The summed E-state index contributed by atoms with van der Waals surface area (Å²) in [5, 5.41) is 11.3. The SMILES string of the molecule is CCCOc1ccc([C@@H]2C(=C(O)c3ccc(S(=O)(=O)N(C)C)cc3)C(=O)C(=O)N2Cc2cccnc2)cc1. The van der Waals surface area contributed by atoms with Crippen molar-refractivity contribution in [2.45, 2.75) is 30.8 Å². The number of aromatic nitrogens is 1. The maximum Gasteiger partial charge on any atom is 0.295 e. The monoisotopic (exact) mass is 535 g/mol. The van der Waals surface area contributed by atoms with Crippen molar-refractivity contribution in [1.82, 2.24) is 14.2 Å². The molecule has 1 aliphatic heterocycles. The molecule has 38 heavy (non-hydrogen) atoms. The van der Waals surface area contributed by atoms with E-state index in [2.05, 4.69) is 4.98 Å². The van der Waals surface area contributed by atoms with Crippen molar-refractivity contribution < 1.29 is 27.9 Å². The van der Waals surface area contributed by atoms with Crippen molar-refractivity contribution in [2.75, 3.05) is 20.7 Å². The smallest absolute Gasteiger partial charge is 0.295 e. The number of nitrogens with zero attached hydrogens (tertiary/aromatic N) is 3. The molecule has 2 aromatic carbocycles. The summed E-state index contributed by atoms with van der Waals surface area (Å²) in [4.78, 5) is 32.0. The van der Waals surface area contributed by atoms with E-state index in [1.54, 1.807) is 48.8 Å². The Labute approximate surface area is 222 Å². The number of hydrogen-bond acceptors (Lipinski definition) is 7. The van der Waals surface area contributed by atoms with Crippen LogP contribution in [0.25, 0.3) is 5.76 Å². The van der Waals surface area contributed by atoms with E-state index in [4.69, 9.17) is 4.74 Å². The molecule has 10 heteroatoms. The summed E-state index contributed by atoms with van der Waals surface area (Å²) in [6.07, 6.45) is 4.08. The summed E-state index contributed by atoms with van der Waals surface area (Å²) < 4.78 is 31.6. The van der Waals surface area contributed by atoms with Crippen LogP contribution in [0.5, 0.6) is 5.75 Å². The lowest BCUT2D eigenvalue weighted by atomic mass is 9.95. The van der Waals surface area contributed by atoms with Crippen molar-refractivity contribution >= 4 is 27.5 Å². The van der Waals surface area contributed by atoms with Gasteiger partial charge in [-0.25, -0.2) is 12.7 Å². The highest BCUT2D eigenvalue weighted by atomic mass is 32.2. The third-order valence-corrected chi connectivity index (χ3v) is 8.02. The number of sulfonamides is 1. The second-order valence-electron chi connectivity index (χ2n) is 9.02. The standard InChI is InChI=1S/C28H29N3O6S/c1-4-16-37-22-11-7-20(8-12-22)25-24(27(33)28(34)31(25)18-19-6-5-15-29-17-19)26(32)21-9-13-23(14-10-21)38(35,36)30(2)3/h5-15,17,25,32H,4,16,18H2,1-3H3/t25-/m1/s1. The summed E-state index contributed by atoms with van der Waals surface area (Å²) in [7, 11) is -0.833. The van der Waals surface area contributed by atoms with Crippen LogP contribution in [-0.2, 0) is 26.2 Å². The minimum absolute atomic E-state index is 0.0373. The van der Waals surface area contributed by atoms with Crippen LogP contribution >= 0.6 is 0 Å². The van der Waals surface area contributed by atoms with E-state index in [0.29, 0.717) is 17.9 Å². The normalized spacial score (nSPS) is 17.3. The summed E-state index contributed by atoms with van der Waals surface area (Å²) in [6, 6.07) is 15.2. The Morgan fingerprint density at radius 2 is 1.74 bits per heavy atom. The molecule has 1 atom stereocenters. The van der Waals surface area contributed by atoms with Crippen molar-refractivity contribution in [2.24, 2.45) is 0 Å². The van der Waals surface area contributed by atoms with E-state index in [-0.39, 0.29) is 28.3 Å². The quantitative estimate of drug-likeness (QED) is 0.252. The Bertz CT molecular complexity index is 1450. The number of aliphatic hydroxyl groups excluding tert-OH is 1. The van der Waals surface area contributed by atoms with Gasteiger partial charge in [0.05, 0.1) is 23.1 Å². The van der Waals surface area contributed by atoms with Crippen LogP contribution in [-0.4, -0.2) is 60.1 Å². The number of ketones is 1. The average molecular weight is 536 g/mol. The van der Waals surface area contributed by atoms with Gasteiger partial charge < -0.3 is 14.7 Å². The number of Topliss-reactive ketones (excluding diaryl/α,β-unsaturated/α-hetero) is 1. The van der Waals surface area contributed by atoms with E-state index in [1.165, 1.54) is 43.3 Å². The lowest BCUT2D eigenvalue weighted by molar-refractivity contribution is -0.140. The van der Waals surface area contributed by atoms with Crippen molar-refractivity contribution in [3.8, 4) is 5.75 Å². The van der Waals surface area contributed by atoms with Gasteiger partial charge >= 0.3 is 0 Å². The Morgan fingerprint density at radius 3 is 2.32 bits per heavy atom. The first-order valence-electron chi connectivity index (χ1n) is 12.1. The summed E-state index contributed by atoms with van der Waals surface area (Å²) >= 11 is 0. The summed E-state index contributed by atoms with van der Waals surface area (Å²) in [6.45, 7) is 2.66. The molecule has 1 N–H and O–H groups in total. The van der Waals surface area contributed by atoms with E-state index in [1.807, 2.05) is 6.92 Å². The molecule has 0 unspecified atom stereocenters. The molecular formula is C28H29N3O6S. The lowest BCUT2D eigenvalue weighted by Crippen LogP contribution is -2.29. The van der Waals surface area contributed by atoms with Gasteiger partial charge in [0.2, 0.25) is 10.0 Å². The Hall–Kier alpha value is -4.02. The second-order valence-corrected chi connectivity index (χ2v) is 11.2. The van der Waals surface area contributed by atoms with Crippen LogP contribution in [0.1, 0.15) is 36.1 Å². The van der Waals surface area contributed by atoms with Gasteiger partial charge in [-0.05, 0) is 60.0 Å². The number of carbonyl (C=O) groups is 2. The van der Waals surface area contributed by atoms with Crippen LogP contribution in [0.3, 0.4) is 0 Å². The topological polar surface area (TPSA) is 117 Å². The van der Waals surface area contributed by atoms with Crippen LogP contribution in [0.4, 0.5) is 0 Å². The Kier molecular flexibility index (Phi) is 7.94. The van der Waals surface area contributed by atoms with Crippen LogP contribution in [0.15, 0.2) is 83.5 Å². The molecule has 2 heterocycles. The summed E-state index contributed by atoms with van der Waals surface area (Å²) in [5.74, 6) is -1.31. The Balaban J connectivity index is 1.79. The molecule has 0 saturated carbocycles. The zero-order valence-corrected chi connectivity index (χ0v) is 22.2. The fraction of sp³-hybridized carbons (Fsp3) is 0.250. The number of amides is 1. The fourth-order valence-electron chi connectivity index (χ4n) is 4.20. The molecule has 0 spiro atoms. The van der Waals surface area contributed by atoms with E-state index >= 15 is 0 Å². The van der Waals surface area contributed by atoms with Gasteiger partial charge in [-0.3, -0.25) is 14.6 Å². The summed E-state index contributed by atoms with van der Waals surface area (Å²) in [5.41, 5.74) is 1.48. The number of rotatable bonds is 9. The molecule has 9 nitrogen and oxygen atoms in total. The molecule has 3 aromatic rings. The minimum Gasteiger partial charge on any atom is -0.507 e. The number of ether oxygens (including phenoxy) is 1. The molecule has 0 aliphatic carbocycles. The van der Waals surface area contributed by atoms with Crippen molar-refractivity contribution in [3.05, 3.63) is 95.3 Å². The molecule has 1 aromatic heterocycles. The molecule has 198 valence electrons. The average Bonchev–Trinajstić information content (AvgIpc) is 3.17. The molecule has 0 radical (unpaired) electrons. The largest absolute Gasteiger partial charge is 0.507 e. The first kappa shape index (κ1) is 27.0. The zero-order chi connectivity index (χ0) is 27.4. The van der Waals surface area contributed by atoms with E-state index in [9.17, 15) is 23.1 Å². The maximum atomic E-state index is 13.3. The van der Waals surface area contributed by atoms with Crippen LogP contribution in [0.2, 0.25) is 0 Å². The van der Waals surface area contributed by atoms with Gasteiger partial charge in [0.15, 0.2) is 0 Å². The number of carbonyl (C=O) groups excluding carboxylic acids is 2. The van der Waals surface area contributed by atoms with Gasteiger partial charge in [-0.1, -0.05) is 25.1 Å². The second kappa shape index (κ2) is 11.2. The molecule has 1 fully saturated rings. The van der Waals surface area contributed by atoms with Crippen molar-refractivity contribution in [3.63, 3.8) is 0 Å². The molecule has 0 bridgehead atoms. The highest BCUT2D eigenvalue weighted by molar-refractivity contribution is 7.89. The fourth-order valence-corrected chi connectivity index (χ4v) is 5.10. The molecular weight excluding hydrogens is 506 g/mol. The number of hydrogen-bond donors (Lipinski definition) is 1. The number of benzene rings is 2. The van der Waals surface area contributed by atoms with Gasteiger partial charge in [-0.15, -0.1) is 0 Å². The number of pyridine rings is 1. The molecule has 1 amide bonds. The van der Waals surface area contributed by atoms with Gasteiger partial charge in [-0.2, -0.15) is 0 Å². The van der Waals surface area contributed by atoms with Crippen LogP contribution < -0.4 is 4.74 Å². The highest BCUT2D eigenvalue weighted by Gasteiger charge is 2.46. The van der Waals surface area contributed by atoms with E-state index < -0.39 is 27.8 Å². The van der Waals surface area contributed by atoms with Gasteiger partial charge in [0.1, 0.15) is 11.5 Å². The van der Waals surface area contributed by atoms with Gasteiger partial charge in [0.25, 0.3) is 11.7 Å². The zero-order valence-electron chi connectivity index (χ0n) is 21.4. The van der Waals surface area contributed by atoms with Crippen LogP contribution in [0, 0.1) is 0 Å². The number of likely N-dealkylation sites (tertiary alicyclic amines) is 1. The first-order chi connectivity index (χ1) is 18.1. The molecule has 1 aliphatic rings. The molecule has 4 rings (SSSR count). The maximum absolute atomic E-state index is 13.3. The predicted molar refractivity (Wildman–Crippen MR) is 142 cm³/mol. The van der Waals surface area contributed by atoms with E-state index in [0.717, 1.165) is 16.3 Å².